The van der Waals surface area contributed by atoms with Crippen molar-refractivity contribution in [1.29, 1.82) is 0 Å². The maximum atomic E-state index is 11.9. The number of aryl methyl sites for hydroxylation is 1. The van der Waals surface area contributed by atoms with Crippen molar-refractivity contribution in [2.75, 3.05) is 19.8 Å². The van der Waals surface area contributed by atoms with Gasteiger partial charge in [-0.25, -0.2) is 4.79 Å². The van der Waals surface area contributed by atoms with Gasteiger partial charge in [0.25, 0.3) is 0 Å². The number of ether oxygens (including phenoxy) is 1. The number of nitrogens with zero attached hydrogens (tertiary/aromatic N) is 2. The number of benzene rings is 2. The fraction of sp³-hybridized carbons (Fsp3) is 0.375. The van der Waals surface area contributed by atoms with Crippen molar-refractivity contribution in [1.82, 2.24) is 9.80 Å². The molecule has 29 heavy (non-hydrogen) atoms. The Kier molecular flexibility index (Phi) is 4.86. The predicted molar refractivity (Wildman–Crippen MR) is 113 cm³/mol. The fourth-order valence-electron chi connectivity index (χ4n) is 4.63. The molecule has 2 aromatic carbocycles. The molecule has 0 amide bonds. The van der Waals surface area contributed by atoms with Gasteiger partial charge in [-0.05, 0) is 56.1 Å². The van der Waals surface area contributed by atoms with E-state index in [1.807, 2.05) is 19.1 Å². The summed E-state index contributed by atoms with van der Waals surface area (Å²) >= 11 is 0. The summed E-state index contributed by atoms with van der Waals surface area (Å²) in [6.45, 7) is 6.51. The van der Waals surface area contributed by atoms with Gasteiger partial charge in [-0.2, -0.15) is 0 Å². The van der Waals surface area contributed by atoms with Crippen LogP contribution < -0.4 is 10.4 Å². The molecule has 5 heteroatoms. The smallest absolute Gasteiger partial charge is 0.336 e. The second-order valence-corrected chi connectivity index (χ2v) is 8.18. The second-order valence-electron chi connectivity index (χ2n) is 8.18. The van der Waals surface area contributed by atoms with Crippen LogP contribution in [0.5, 0.6) is 5.75 Å². The Morgan fingerprint density at radius 2 is 1.86 bits per heavy atom. The molecule has 0 unspecified atom stereocenters. The monoisotopic (exact) mass is 390 g/mol. The van der Waals surface area contributed by atoms with Gasteiger partial charge in [-0.15, -0.1) is 0 Å². The molecule has 0 spiro atoms. The van der Waals surface area contributed by atoms with E-state index in [2.05, 4.69) is 40.1 Å². The highest BCUT2D eigenvalue weighted by atomic mass is 16.5. The van der Waals surface area contributed by atoms with E-state index in [1.165, 1.54) is 5.56 Å². The van der Waals surface area contributed by atoms with Gasteiger partial charge < -0.3 is 9.15 Å². The van der Waals surface area contributed by atoms with Crippen molar-refractivity contribution >= 4 is 11.0 Å². The Balaban J connectivity index is 1.30. The van der Waals surface area contributed by atoms with Gasteiger partial charge in [0.2, 0.25) is 0 Å². The molecule has 2 aliphatic heterocycles. The molecule has 5 nitrogen and oxygen atoms in total. The average molecular weight is 390 g/mol. The van der Waals surface area contributed by atoms with E-state index in [1.54, 1.807) is 6.07 Å². The Bertz CT molecular complexity index is 1070. The standard InChI is InChI=1S/C24H26N2O3/c1-17-13-23(27)29-24-20(17)7-8-22-21(24)15-26(16-28-22)19-9-11-25(12-10-19)14-18-5-3-2-4-6-18/h2-8,13,19H,9-12,14-16H2,1H3. The molecule has 0 bridgehead atoms. The van der Waals surface area contributed by atoms with E-state index >= 15 is 0 Å². The van der Waals surface area contributed by atoms with Gasteiger partial charge in [0.05, 0.1) is 5.56 Å². The van der Waals surface area contributed by atoms with Gasteiger partial charge in [-0.3, -0.25) is 9.80 Å². The molecule has 5 rings (SSSR count). The quantitative estimate of drug-likeness (QED) is 0.635. The minimum Gasteiger partial charge on any atom is -0.478 e. The van der Waals surface area contributed by atoms with Crippen LogP contribution in [0.25, 0.3) is 11.0 Å². The van der Waals surface area contributed by atoms with E-state index in [9.17, 15) is 4.79 Å². The molecule has 3 aromatic rings. The van der Waals surface area contributed by atoms with Crippen molar-refractivity contribution < 1.29 is 9.15 Å². The summed E-state index contributed by atoms with van der Waals surface area (Å²) in [6.07, 6.45) is 2.25. The third-order valence-electron chi connectivity index (χ3n) is 6.25. The summed E-state index contributed by atoms with van der Waals surface area (Å²) < 4.78 is 11.6. The van der Waals surface area contributed by atoms with E-state index < -0.39 is 0 Å². The van der Waals surface area contributed by atoms with E-state index in [0.29, 0.717) is 18.4 Å². The number of hydrogen-bond acceptors (Lipinski definition) is 5. The molecule has 0 atom stereocenters. The zero-order chi connectivity index (χ0) is 19.8. The maximum Gasteiger partial charge on any atom is 0.336 e. The number of piperidine rings is 1. The largest absolute Gasteiger partial charge is 0.478 e. The van der Waals surface area contributed by atoms with Crippen LogP contribution in [0.4, 0.5) is 0 Å². The van der Waals surface area contributed by atoms with Crippen molar-refractivity contribution in [2.45, 2.75) is 38.9 Å². The van der Waals surface area contributed by atoms with Gasteiger partial charge in [0, 0.05) is 30.6 Å². The van der Waals surface area contributed by atoms with Gasteiger partial charge in [0.15, 0.2) is 0 Å². The zero-order valence-electron chi connectivity index (χ0n) is 16.8. The van der Waals surface area contributed by atoms with Crippen LogP contribution in [0.3, 0.4) is 0 Å². The Hall–Kier alpha value is -2.63. The summed E-state index contributed by atoms with van der Waals surface area (Å²) in [5.74, 6) is 0.837. The lowest BCUT2D eigenvalue weighted by Gasteiger charge is -2.40. The number of rotatable bonds is 3. The molecule has 2 aliphatic rings. The zero-order valence-corrected chi connectivity index (χ0v) is 16.8. The highest BCUT2D eigenvalue weighted by Gasteiger charge is 2.29. The third-order valence-corrected chi connectivity index (χ3v) is 6.25. The van der Waals surface area contributed by atoms with Crippen LogP contribution in [-0.4, -0.2) is 35.7 Å². The lowest BCUT2D eigenvalue weighted by Crippen LogP contribution is -2.47. The van der Waals surface area contributed by atoms with Crippen molar-refractivity contribution in [3.05, 3.63) is 75.6 Å². The summed E-state index contributed by atoms with van der Waals surface area (Å²) in [4.78, 5) is 16.9. The topological polar surface area (TPSA) is 45.9 Å². The van der Waals surface area contributed by atoms with Crippen LogP contribution in [0, 0.1) is 6.92 Å². The van der Waals surface area contributed by atoms with Crippen LogP contribution >= 0.6 is 0 Å². The van der Waals surface area contributed by atoms with Gasteiger partial charge >= 0.3 is 5.63 Å². The van der Waals surface area contributed by atoms with Crippen LogP contribution in [0.1, 0.15) is 29.5 Å². The van der Waals surface area contributed by atoms with Gasteiger partial charge in [0.1, 0.15) is 18.1 Å². The highest BCUT2D eigenvalue weighted by Crippen LogP contribution is 2.34. The lowest BCUT2D eigenvalue weighted by atomic mass is 10.00. The Labute approximate surface area is 170 Å². The molecule has 0 radical (unpaired) electrons. The van der Waals surface area contributed by atoms with Crippen molar-refractivity contribution in [3.8, 4) is 5.75 Å². The normalized spacial score (nSPS) is 18.5. The minimum absolute atomic E-state index is 0.297. The Morgan fingerprint density at radius 3 is 2.66 bits per heavy atom. The SMILES string of the molecule is Cc1cc(=O)oc2c3c(ccc12)OCN(C1CCN(Cc2ccccc2)CC1)C3. The Morgan fingerprint density at radius 1 is 1.07 bits per heavy atom. The van der Waals surface area contributed by atoms with Crippen LogP contribution in [-0.2, 0) is 13.1 Å². The fourth-order valence-corrected chi connectivity index (χ4v) is 4.63. The first kappa shape index (κ1) is 18.4. The highest BCUT2D eigenvalue weighted by molar-refractivity contribution is 5.85. The number of hydrogen-bond donors (Lipinski definition) is 0. The number of fused-ring (bicyclic) bond motifs is 3. The maximum absolute atomic E-state index is 11.9. The first-order valence-electron chi connectivity index (χ1n) is 10.4. The van der Waals surface area contributed by atoms with Crippen LogP contribution in [0.15, 0.2) is 57.7 Å². The molecule has 1 aromatic heterocycles. The molecule has 1 saturated heterocycles. The van der Waals surface area contributed by atoms with Gasteiger partial charge in [-0.1, -0.05) is 30.3 Å². The summed E-state index contributed by atoms with van der Waals surface area (Å²) in [7, 11) is 0. The van der Waals surface area contributed by atoms with E-state index in [0.717, 1.165) is 61.3 Å². The molecule has 150 valence electrons. The molecule has 0 saturated carbocycles. The van der Waals surface area contributed by atoms with E-state index in [4.69, 9.17) is 9.15 Å². The van der Waals surface area contributed by atoms with Crippen molar-refractivity contribution in [3.63, 3.8) is 0 Å². The third kappa shape index (κ3) is 3.68. The number of likely N-dealkylation sites (tertiary alicyclic amines) is 1. The van der Waals surface area contributed by atoms with Crippen molar-refractivity contribution in [2.24, 2.45) is 0 Å². The molecule has 0 aliphatic carbocycles. The lowest BCUT2D eigenvalue weighted by molar-refractivity contribution is 0.0244. The first-order chi connectivity index (χ1) is 14.2. The second kappa shape index (κ2) is 7.65. The van der Waals surface area contributed by atoms with E-state index in [-0.39, 0.29) is 5.63 Å². The molecular weight excluding hydrogens is 364 g/mol. The molecule has 1 fully saturated rings. The molecule has 3 heterocycles. The summed E-state index contributed by atoms with van der Waals surface area (Å²) in [5, 5.41) is 0.992. The van der Waals surface area contributed by atoms with Crippen LogP contribution in [0.2, 0.25) is 0 Å². The summed E-state index contributed by atoms with van der Waals surface area (Å²) in [6, 6.07) is 16.7. The molecular formula is C24H26N2O3. The summed E-state index contributed by atoms with van der Waals surface area (Å²) in [5.41, 5.74) is 3.71. The predicted octanol–water partition coefficient (Wildman–Crippen LogP) is 3.92. The first-order valence-corrected chi connectivity index (χ1v) is 10.4. The average Bonchev–Trinajstić information content (AvgIpc) is 2.74. The minimum atomic E-state index is -0.297. The molecule has 0 N–H and O–H groups in total.